The topological polar surface area (TPSA) is 70.5 Å². The Morgan fingerprint density at radius 3 is 2.83 bits per heavy atom. The molecule has 1 aromatic carbocycles. The fraction of sp³-hybridized carbons (Fsp3) is 0.250. The van der Waals surface area contributed by atoms with Gasteiger partial charge >= 0.3 is 0 Å². The number of nitrogen functional groups attached to an aromatic ring is 1. The van der Waals surface area contributed by atoms with Gasteiger partial charge in [-0.1, -0.05) is 5.16 Å². The quantitative estimate of drug-likeness (QED) is 0.840. The van der Waals surface area contributed by atoms with Gasteiger partial charge in [0.1, 0.15) is 0 Å². The maximum atomic E-state index is 13.9. The second-order valence-corrected chi connectivity index (χ2v) is 3.94. The van der Waals surface area contributed by atoms with Gasteiger partial charge in [0.25, 0.3) is 0 Å². The number of ether oxygens (including phenoxy) is 2. The van der Waals surface area contributed by atoms with Crippen molar-refractivity contribution < 1.29 is 18.4 Å². The molecule has 2 N–H and O–H groups in total. The van der Waals surface area contributed by atoms with Gasteiger partial charge in [0.2, 0.25) is 5.88 Å². The van der Waals surface area contributed by atoms with Gasteiger partial charge in [-0.25, -0.2) is 4.39 Å². The molecule has 2 heterocycles. The number of fused-ring (bicyclic) bond motifs is 1. The highest BCUT2D eigenvalue weighted by Gasteiger charge is 2.19. The number of nitrogens with zero attached hydrogens (tertiary/aromatic N) is 1. The van der Waals surface area contributed by atoms with Crippen LogP contribution in [0.1, 0.15) is 6.42 Å². The fourth-order valence-electron chi connectivity index (χ4n) is 1.85. The SMILES string of the molecule is Nc1oncc1-c1cc(F)c2c(c1)OCCCO2. The first-order chi connectivity index (χ1) is 8.75. The number of aromatic nitrogens is 1. The predicted octanol–water partition coefficient (Wildman–Crippen LogP) is 2.22. The van der Waals surface area contributed by atoms with Crippen LogP contribution in [0.3, 0.4) is 0 Å². The van der Waals surface area contributed by atoms with E-state index in [0.29, 0.717) is 30.1 Å². The van der Waals surface area contributed by atoms with Crippen molar-refractivity contribution in [2.24, 2.45) is 0 Å². The zero-order valence-electron chi connectivity index (χ0n) is 9.48. The molecule has 6 heteroatoms. The average Bonchev–Trinajstić information content (AvgIpc) is 2.63. The lowest BCUT2D eigenvalue weighted by atomic mass is 10.1. The second kappa shape index (κ2) is 4.21. The molecule has 0 aliphatic carbocycles. The molecule has 94 valence electrons. The molecule has 1 aliphatic rings. The molecular weight excluding hydrogens is 239 g/mol. The van der Waals surface area contributed by atoms with Crippen molar-refractivity contribution in [3.05, 3.63) is 24.1 Å². The molecule has 0 unspecified atom stereocenters. The molecule has 1 aromatic heterocycles. The summed E-state index contributed by atoms with van der Waals surface area (Å²) in [5.41, 5.74) is 6.69. The molecule has 2 aromatic rings. The summed E-state index contributed by atoms with van der Waals surface area (Å²) >= 11 is 0. The fourth-order valence-corrected chi connectivity index (χ4v) is 1.85. The molecule has 0 radical (unpaired) electrons. The number of benzene rings is 1. The Morgan fingerprint density at radius 1 is 1.22 bits per heavy atom. The van der Waals surface area contributed by atoms with Gasteiger partial charge in [-0.3, -0.25) is 0 Å². The molecular formula is C12H11FN2O3. The van der Waals surface area contributed by atoms with Crippen LogP contribution in [-0.2, 0) is 0 Å². The standard InChI is InChI=1S/C12H11FN2O3/c13-9-4-7(8-6-15-18-12(8)14)5-10-11(9)17-3-1-2-16-10/h4-6H,1-3,14H2. The van der Waals surface area contributed by atoms with E-state index in [1.807, 2.05) is 0 Å². The van der Waals surface area contributed by atoms with Gasteiger partial charge in [-0.15, -0.1) is 0 Å². The second-order valence-electron chi connectivity index (χ2n) is 3.94. The van der Waals surface area contributed by atoms with Crippen LogP contribution in [0.4, 0.5) is 10.3 Å². The monoisotopic (exact) mass is 250 g/mol. The lowest BCUT2D eigenvalue weighted by Gasteiger charge is -2.09. The number of hydrogen-bond donors (Lipinski definition) is 1. The van der Waals surface area contributed by atoms with E-state index in [1.54, 1.807) is 6.07 Å². The maximum absolute atomic E-state index is 13.9. The average molecular weight is 250 g/mol. The van der Waals surface area contributed by atoms with Crippen LogP contribution in [0.5, 0.6) is 11.5 Å². The third kappa shape index (κ3) is 1.75. The van der Waals surface area contributed by atoms with Gasteiger partial charge in [0.05, 0.1) is 25.0 Å². The van der Waals surface area contributed by atoms with Crippen molar-refractivity contribution in [1.82, 2.24) is 5.16 Å². The van der Waals surface area contributed by atoms with Crippen LogP contribution in [-0.4, -0.2) is 18.4 Å². The summed E-state index contributed by atoms with van der Waals surface area (Å²) in [6, 6.07) is 3.00. The zero-order chi connectivity index (χ0) is 12.5. The molecule has 0 saturated heterocycles. The van der Waals surface area contributed by atoms with Crippen LogP contribution >= 0.6 is 0 Å². The predicted molar refractivity (Wildman–Crippen MR) is 61.9 cm³/mol. The first kappa shape index (κ1) is 10.9. The van der Waals surface area contributed by atoms with Gasteiger partial charge in [-0.05, 0) is 17.7 Å². The lowest BCUT2D eigenvalue weighted by Crippen LogP contribution is -1.98. The highest BCUT2D eigenvalue weighted by atomic mass is 19.1. The van der Waals surface area contributed by atoms with Gasteiger partial charge in [-0.2, -0.15) is 0 Å². The van der Waals surface area contributed by atoms with E-state index < -0.39 is 5.82 Å². The summed E-state index contributed by atoms with van der Waals surface area (Å²) in [5.74, 6) is 0.184. The molecule has 5 nitrogen and oxygen atoms in total. The Labute approximate surface area is 102 Å². The van der Waals surface area contributed by atoms with E-state index in [2.05, 4.69) is 5.16 Å². The summed E-state index contributed by atoms with van der Waals surface area (Å²) in [6.07, 6.45) is 2.16. The molecule has 0 atom stereocenters. The number of nitrogens with two attached hydrogens (primary N) is 1. The normalized spacial score (nSPS) is 14.3. The van der Waals surface area contributed by atoms with E-state index in [-0.39, 0.29) is 11.6 Å². The van der Waals surface area contributed by atoms with Crippen molar-refractivity contribution in [3.8, 4) is 22.6 Å². The highest BCUT2D eigenvalue weighted by molar-refractivity contribution is 5.74. The van der Waals surface area contributed by atoms with Crippen molar-refractivity contribution in [1.29, 1.82) is 0 Å². The Balaban J connectivity index is 2.11. The Morgan fingerprint density at radius 2 is 2.06 bits per heavy atom. The Kier molecular flexibility index (Phi) is 2.55. The van der Waals surface area contributed by atoms with Crippen LogP contribution in [0.25, 0.3) is 11.1 Å². The minimum Gasteiger partial charge on any atom is -0.489 e. The first-order valence-electron chi connectivity index (χ1n) is 5.55. The number of rotatable bonds is 1. The summed E-state index contributed by atoms with van der Waals surface area (Å²) in [7, 11) is 0. The molecule has 1 aliphatic heterocycles. The number of halogens is 1. The Hall–Kier alpha value is -2.24. The molecule has 0 saturated carbocycles. The largest absolute Gasteiger partial charge is 0.489 e. The van der Waals surface area contributed by atoms with E-state index in [4.69, 9.17) is 19.7 Å². The first-order valence-corrected chi connectivity index (χ1v) is 5.55. The van der Waals surface area contributed by atoms with Crippen molar-refractivity contribution >= 4 is 5.88 Å². The smallest absolute Gasteiger partial charge is 0.229 e. The minimum atomic E-state index is -0.481. The summed E-state index contributed by atoms with van der Waals surface area (Å²) in [4.78, 5) is 0. The van der Waals surface area contributed by atoms with Gasteiger partial charge in [0, 0.05) is 6.42 Å². The molecule has 0 spiro atoms. The molecule has 0 fully saturated rings. The van der Waals surface area contributed by atoms with Crippen LogP contribution < -0.4 is 15.2 Å². The number of anilines is 1. The van der Waals surface area contributed by atoms with E-state index in [9.17, 15) is 4.39 Å². The van der Waals surface area contributed by atoms with Crippen molar-refractivity contribution in [2.45, 2.75) is 6.42 Å². The number of hydrogen-bond acceptors (Lipinski definition) is 5. The zero-order valence-corrected chi connectivity index (χ0v) is 9.48. The van der Waals surface area contributed by atoms with Gasteiger partial charge < -0.3 is 19.7 Å². The Bertz CT molecular complexity index is 583. The molecule has 3 rings (SSSR count). The van der Waals surface area contributed by atoms with E-state index >= 15 is 0 Å². The summed E-state index contributed by atoms with van der Waals surface area (Å²) < 4.78 is 29.5. The van der Waals surface area contributed by atoms with Crippen LogP contribution in [0, 0.1) is 5.82 Å². The van der Waals surface area contributed by atoms with E-state index in [0.717, 1.165) is 6.42 Å². The molecule has 18 heavy (non-hydrogen) atoms. The summed E-state index contributed by atoms with van der Waals surface area (Å²) in [5, 5.41) is 3.56. The van der Waals surface area contributed by atoms with Crippen molar-refractivity contribution in [3.63, 3.8) is 0 Å². The van der Waals surface area contributed by atoms with E-state index in [1.165, 1.54) is 12.3 Å². The summed E-state index contributed by atoms with van der Waals surface area (Å²) in [6.45, 7) is 0.938. The van der Waals surface area contributed by atoms with Gasteiger partial charge in [0.15, 0.2) is 17.3 Å². The van der Waals surface area contributed by atoms with Crippen LogP contribution in [0.2, 0.25) is 0 Å². The third-order valence-electron chi connectivity index (χ3n) is 2.71. The van der Waals surface area contributed by atoms with Crippen LogP contribution in [0.15, 0.2) is 22.9 Å². The molecule has 0 amide bonds. The minimum absolute atomic E-state index is 0.142. The lowest BCUT2D eigenvalue weighted by molar-refractivity contribution is 0.292. The maximum Gasteiger partial charge on any atom is 0.229 e. The highest BCUT2D eigenvalue weighted by Crippen LogP contribution is 2.38. The molecule has 0 bridgehead atoms. The third-order valence-corrected chi connectivity index (χ3v) is 2.71. The van der Waals surface area contributed by atoms with Crippen molar-refractivity contribution in [2.75, 3.05) is 18.9 Å².